The van der Waals surface area contributed by atoms with Crippen LogP contribution in [0, 0.1) is 0 Å². The van der Waals surface area contributed by atoms with Crippen LogP contribution in [0.15, 0.2) is 120 Å². The van der Waals surface area contributed by atoms with E-state index in [1.54, 1.807) is 0 Å². The summed E-state index contributed by atoms with van der Waals surface area (Å²) in [5, 5.41) is 1.92. The molecule has 8 rings (SSSR count). The molecule has 0 aliphatic heterocycles. The van der Waals surface area contributed by atoms with Crippen LogP contribution >= 0.6 is 0 Å². The Balaban J connectivity index is 1.25. The Labute approximate surface area is 234 Å². The van der Waals surface area contributed by atoms with Gasteiger partial charge in [-0.2, -0.15) is 0 Å². The molecule has 4 aromatic heterocycles. The molecule has 0 saturated heterocycles. The van der Waals surface area contributed by atoms with Gasteiger partial charge in [0.05, 0.1) is 11.0 Å². The molecule has 0 unspecified atom stereocenters. The summed E-state index contributed by atoms with van der Waals surface area (Å²) in [5.74, 6) is 2.55. The third-order valence-electron chi connectivity index (χ3n) is 7.31. The van der Waals surface area contributed by atoms with E-state index in [-0.39, 0.29) is 0 Å². The molecule has 0 fully saturated rings. The van der Waals surface area contributed by atoms with Crippen molar-refractivity contribution in [2.75, 3.05) is 0 Å². The first-order valence-electron chi connectivity index (χ1n) is 13.3. The van der Waals surface area contributed by atoms with Gasteiger partial charge in [-0.05, 0) is 36.4 Å². The first kappa shape index (κ1) is 23.2. The Bertz CT molecular complexity index is 2160. The second-order valence-corrected chi connectivity index (χ2v) is 9.88. The number of furan rings is 1. The zero-order valence-electron chi connectivity index (χ0n) is 22.1. The highest BCUT2D eigenvalue weighted by atomic mass is 16.3. The van der Waals surface area contributed by atoms with Crippen LogP contribution in [0.2, 0.25) is 0 Å². The molecule has 4 heterocycles. The maximum atomic E-state index is 6.30. The van der Waals surface area contributed by atoms with E-state index in [1.165, 1.54) is 0 Å². The number of fused-ring (bicyclic) bond motifs is 4. The average Bonchev–Trinajstić information content (AvgIpc) is 3.58. The van der Waals surface area contributed by atoms with Crippen LogP contribution in [0.4, 0.5) is 0 Å². The van der Waals surface area contributed by atoms with E-state index in [1.807, 2.05) is 104 Å². The van der Waals surface area contributed by atoms with Gasteiger partial charge in [0.25, 0.3) is 0 Å². The van der Waals surface area contributed by atoms with Gasteiger partial charge in [-0.3, -0.25) is 0 Å². The van der Waals surface area contributed by atoms with Gasteiger partial charge >= 0.3 is 0 Å². The number of aryl methyl sites for hydroxylation is 1. The number of rotatable bonds is 4. The number of pyridine rings is 1. The van der Waals surface area contributed by atoms with Crippen molar-refractivity contribution in [1.29, 1.82) is 0 Å². The van der Waals surface area contributed by atoms with Gasteiger partial charge in [0, 0.05) is 34.5 Å². The number of para-hydroxylation sites is 2. The molecular weight excluding hydrogens is 508 g/mol. The molecule has 4 aromatic carbocycles. The Kier molecular flexibility index (Phi) is 5.21. The molecule has 0 atom stereocenters. The summed E-state index contributed by atoms with van der Waals surface area (Å²) in [4.78, 5) is 24.1. The predicted octanol–water partition coefficient (Wildman–Crippen LogP) is 7.72. The fourth-order valence-corrected chi connectivity index (χ4v) is 5.25. The maximum Gasteiger partial charge on any atom is 0.227 e. The minimum absolute atomic E-state index is 0.487. The lowest BCUT2D eigenvalue weighted by Gasteiger charge is -2.07. The van der Waals surface area contributed by atoms with Crippen molar-refractivity contribution < 1.29 is 4.42 Å². The van der Waals surface area contributed by atoms with E-state index in [2.05, 4.69) is 22.8 Å². The van der Waals surface area contributed by atoms with Crippen molar-refractivity contribution in [3.8, 4) is 45.7 Å². The summed E-state index contributed by atoms with van der Waals surface area (Å²) < 4.78 is 8.40. The maximum absolute atomic E-state index is 6.30. The van der Waals surface area contributed by atoms with Crippen molar-refractivity contribution in [3.63, 3.8) is 0 Å². The number of imidazole rings is 1. The van der Waals surface area contributed by atoms with Crippen molar-refractivity contribution in [3.05, 3.63) is 115 Å². The molecule has 0 spiro atoms. The largest absolute Gasteiger partial charge is 0.438 e. The van der Waals surface area contributed by atoms with Crippen LogP contribution in [0.1, 0.15) is 0 Å². The van der Waals surface area contributed by atoms with Crippen molar-refractivity contribution >= 4 is 33.1 Å². The summed E-state index contributed by atoms with van der Waals surface area (Å²) in [5.41, 5.74) is 6.74. The highest BCUT2D eigenvalue weighted by Crippen LogP contribution is 2.33. The highest BCUT2D eigenvalue weighted by molar-refractivity contribution is 6.05. The van der Waals surface area contributed by atoms with Crippen LogP contribution in [-0.2, 0) is 7.05 Å². The first-order chi connectivity index (χ1) is 20.2. The molecule has 0 N–H and O–H groups in total. The fourth-order valence-electron chi connectivity index (χ4n) is 5.25. The molecule has 8 aromatic rings. The SMILES string of the molecule is Cn1c(-c2ccc3c(c2)oc2nc(-c4nc(-c5ccccc5)nc(-c5ccccc5)n4)ccc23)nc2ccccc21. The summed E-state index contributed by atoms with van der Waals surface area (Å²) in [6.07, 6.45) is 0. The van der Waals surface area contributed by atoms with E-state index in [0.717, 1.165) is 49.9 Å². The van der Waals surface area contributed by atoms with Crippen LogP contribution in [0.5, 0.6) is 0 Å². The van der Waals surface area contributed by atoms with E-state index >= 15 is 0 Å². The summed E-state index contributed by atoms with van der Waals surface area (Å²) >= 11 is 0. The summed E-state index contributed by atoms with van der Waals surface area (Å²) in [6, 6.07) is 38.1. The van der Waals surface area contributed by atoms with E-state index in [4.69, 9.17) is 29.3 Å². The number of aromatic nitrogens is 6. The first-order valence-corrected chi connectivity index (χ1v) is 13.3. The lowest BCUT2D eigenvalue weighted by Crippen LogP contribution is -2.01. The van der Waals surface area contributed by atoms with Gasteiger partial charge < -0.3 is 8.98 Å². The molecular formula is C34H22N6O. The minimum atomic E-state index is 0.487. The Morgan fingerprint density at radius 2 is 1.17 bits per heavy atom. The Morgan fingerprint density at radius 3 is 1.88 bits per heavy atom. The van der Waals surface area contributed by atoms with Crippen LogP contribution < -0.4 is 0 Å². The van der Waals surface area contributed by atoms with E-state index in [0.29, 0.717) is 28.9 Å². The molecule has 0 radical (unpaired) electrons. The average molecular weight is 531 g/mol. The molecule has 194 valence electrons. The molecule has 0 aliphatic carbocycles. The Hall–Kier alpha value is -5.69. The number of benzene rings is 4. The van der Waals surface area contributed by atoms with Gasteiger partial charge in [-0.25, -0.2) is 24.9 Å². The third kappa shape index (κ3) is 3.94. The van der Waals surface area contributed by atoms with Gasteiger partial charge in [-0.1, -0.05) is 78.9 Å². The molecule has 41 heavy (non-hydrogen) atoms. The topological polar surface area (TPSA) is 82.5 Å². The van der Waals surface area contributed by atoms with Crippen LogP contribution in [0.3, 0.4) is 0 Å². The number of hydrogen-bond acceptors (Lipinski definition) is 6. The lowest BCUT2D eigenvalue weighted by molar-refractivity contribution is 0.654. The standard InChI is InChI=1S/C34H22N6O/c1-40-28-15-9-8-14-26(28)35-33(40)23-16-17-24-25-18-19-27(36-34(25)41-29(24)20-23)32-38-30(21-10-4-2-5-11-21)37-31(39-32)22-12-6-3-7-13-22/h2-20H,1H3. The molecule has 0 bridgehead atoms. The third-order valence-corrected chi connectivity index (χ3v) is 7.31. The van der Waals surface area contributed by atoms with Gasteiger partial charge in [0.2, 0.25) is 5.71 Å². The number of hydrogen-bond donors (Lipinski definition) is 0. The number of nitrogens with zero attached hydrogens (tertiary/aromatic N) is 6. The zero-order valence-corrected chi connectivity index (χ0v) is 22.1. The van der Waals surface area contributed by atoms with Gasteiger partial charge in [0.15, 0.2) is 17.5 Å². The van der Waals surface area contributed by atoms with Crippen molar-refractivity contribution in [2.24, 2.45) is 7.05 Å². The predicted molar refractivity (Wildman–Crippen MR) is 161 cm³/mol. The second-order valence-electron chi connectivity index (χ2n) is 9.88. The molecule has 0 amide bonds. The highest BCUT2D eigenvalue weighted by Gasteiger charge is 2.17. The van der Waals surface area contributed by atoms with Crippen LogP contribution in [-0.4, -0.2) is 29.5 Å². The van der Waals surface area contributed by atoms with E-state index < -0.39 is 0 Å². The summed E-state index contributed by atoms with van der Waals surface area (Å²) in [7, 11) is 2.03. The smallest absolute Gasteiger partial charge is 0.227 e. The molecule has 7 nitrogen and oxygen atoms in total. The van der Waals surface area contributed by atoms with Crippen molar-refractivity contribution in [2.45, 2.75) is 0 Å². The summed E-state index contributed by atoms with van der Waals surface area (Å²) in [6.45, 7) is 0. The molecule has 7 heteroatoms. The monoisotopic (exact) mass is 530 g/mol. The molecule has 0 saturated carbocycles. The normalized spacial score (nSPS) is 11.5. The van der Waals surface area contributed by atoms with Crippen LogP contribution in [0.25, 0.3) is 78.8 Å². The van der Waals surface area contributed by atoms with Gasteiger partial charge in [-0.15, -0.1) is 0 Å². The minimum Gasteiger partial charge on any atom is -0.438 e. The quantitative estimate of drug-likeness (QED) is 0.232. The van der Waals surface area contributed by atoms with E-state index in [9.17, 15) is 0 Å². The second kappa shape index (κ2) is 9.20. The zero-order chi connectivity index (χ0) is 27.3. The lowest BCUT2D eigenvalue weighted by atomic mass is 10.1. The molecule has 0 aliphatic rings. The van der Waals surface area contributed by atoms with Crippen molar-refractivity contribution in [1.82, 2.24) is 29.5 Å². The van der Waals surface area contributed by atoms with Gasteiger partial charge in [0.1, 0.15) is 17.1 Å². The Morgan fingerprint density at radius 1 is 0.537 bits per heavy atom. The fraction of sp³-hybridized carbons (Fsp3) is 0.0294.